The minimum absolute atomic E-state index is 0.511. The lowest BCUT2D eigenvalue weighted by Crippen LogP contribution is -2.35. The minimum Gasteiger partial charge on any atom is -0.481 e. The van der Waals surface area contributed by atoms with Gasteiger partial charge in [-0.3, -0.25) is 14.5 Å². The van der Waals surface area contributed by atoms with Gasteiger partial charge in [0.25, 0.3) is 0 Å². The predicted octanol–water partition coefficient (Wildman–Crippen LogP) is 1.18. The molecule has 1 amide bonds. The van der Waals surface area contributed by atoms with Crippen LogP contribution in [0.2, 0.25) is 0 Å². The zero-order valence-electron chi connectivity index (χ0n) is 12.0. The van der Waals surface area contributed by atoms with Gasteiger partial charge in [-0.25, -0.2) is 0 Å². The van der Waals surface area contributed by atoms with Gasteiger partial charge in [0.2, 0.25) is 5.91 Å². The highest BCUT2D eigenvalue weighted by molar-refractivity contribution is 6.03. The van der Waals surface area contributed by atoms with Crippen LogP contribution in [0.3, 0.4) is 0 Å². The summed E-state index contributed by atoms with van der Waals surface area (Å²) in [6.45, 7) is 5.60. The third-order valence-electron chi connectivity index (χ3n) is 3.50. The van der Waals surface area contributed by atoms with Crippen molar-refractivity contribution in [2.75, 3.05) is 31.6 Å². The van der Waals surface area contributed by atoms with E-state index in [1.165, 1.54) is 6.92 Å². The number of carboxylic acid groups (broad SMARTS) is 1. The first-order valence-corrected chi connectivity index (χ1v) is 6.99. The maximum atomic E-state index is 11.6. The van der Waals surface area contributed by atoms with Crippen molar-refractivity contribution in [3.05, 3.63) is 29.8 Å². The van der Waals surface area contributed by atoms with Crippen LogP contribution in [0.25, 0.3) is 0 Å². The number of amides is 1. The second-order valence-electron chi connectivity index (χ2n) is 5.13. The molecule has 0 aromatic heterocycles. The molecule has 1 aliphatic heterocycles. The van der Waals surface area contributed by atoms with Crippen molar-refractivity contribution in [2.45, 2.75) is 13.5 Å². The van der Waals surface area contributed by atoms with Crippen molar-refractivity contribution >= 4 is 17.6 Å². The molecule has 21 heavy (non-hydrogen) atoms. The number of carbonyl (C=O) groups excluding carboxylic acids is 1. The highest BCUT2D eigenvalue weighted by Crippen LogP contribution is 2.13. The number of hydrogen-bond donors (Lipinski definition) is 2. The lowest BCUT2D eigenvalue weighted by atomic mass is 10.1. The van der Waals surface area contributed by atoms with Gasteiger partial charge in [-0.1, -0.05) is 12.1 Å². The molecule has 1 aromatic carbocycles. The molecule has 0 saturated carbocycles. The van der Waals surface area contributed by atoms with E-state index in [0.29, 0.717) is 5.69 Å². The van der Waals surface area contributed by atoms with Crippen LogP contribution in [0.5, 0.6) is 0 Å². The van der Waals surface area contributed by atoms with Gasteiger partial charge in [-0.15, -0.1) is 0 Å². The fourth-order valence-electron chi connectivity index (χ4n) is 2.07. The molecule has 1 fully saturated rings. The highest BCUT2D eigenvalue weighted by atomic mass is 16.5. The van der Waals surface area contributed by atoms with Crippen LogP contribution >= 0.6 is 0 Å². The number of anilines is 1. The van der Waals surface area contributed by atoms with Crippen LogP contribution in [0.1, 0.15) is 12.5 Å². The molecule has 1 aromatic rings. The normalized spacial score (nSPS) is 17.2. The number of ether oxygens (including phenoxy) is 1. The molecular weight excluding hydrogens is 272 g/mol. The van der Waals surface area contributed by atoms with Gasteiger partial charge in [0.1, 0.15) is 5.92 Å². The molecule has 1 atom stereocenters. The molecule has 1 aliphatic rings. The van der Waals surface area contributed by atoms with Crippen molar-refractivity contribution in [2.24, 2.45) is 5.92 Å². The summed E-state index contributed by atoms with van der Waals surface area (Å²) in [7, 11) is 0. The fraction of sp³-hybridized carbons (Fsp3) is 0.467. The predicted molar refractivity (Wildman–Crippen MR) is 78.0 cm³/mol. The van der Waals surface area contributed by atoms with Crippen molar-refractivity contribution in [1.29, 1.82) is 0 Å². The molecule has 114 valence electrons. The molecule has 2 rings (SSSR count). The molecule has 0 aliphatic carbocycles. The third-order valence-corrected chi connectivity index (χ3v) is 3.50. The quantitative estimate of drug-likeness (QED) is 0.797. The SMILES string of the molecule is CC(C(=O)O)C(=O)Nc1ccc(CN2CCOCC2)cc1. The number of nitrogens with one attached hydrogen (secondary N) is 1. The molecule has 0 radical (unpaired) electrons. The first kappa shape index (κ1) is 15.5. The summed E-state index contributed by atoms with van der Waals surface area (Å²) in [5, 5.41) is 11.4. The Morgan fingerprint density at radius 3 is 2.48 bits per heavy atom. The Bertz CT molecular complexity index is 495. The minimum atomic E-state index is -1.13. The van der Waals surface area contributed by atoms with Crippen LogP contribution in [0.4, 0.5) is 5.69 Å². The van der Waals surface area contributed by atoms with Gasteiger partial charge in [-0.05, 0) is 24.6 Å². The summed E-state index contributed by atoms with van der Waals surface area (Å²) in [5.41, 5.74) is 1.76. The summed E-state index contributed by atoms with van der Waals surface area (Å²) in [6.07, 6.45) is 0. The van der Waals surface area contributed by atoms with E-state index in [2.05, 4.69) is 10.2 Å². The van der Waals surface area contributed by atoms with E-state index in [1.807, 2.05) is 12.1 Å². The molecule has 1 saturated heterocycles. The lowest BCUT2D eigenvalue weighted by molar-refractivity contribution is -0.144. The Kier molecular flexibility index (Phi) is 5.30. The smallest absolute Gasteiger partial charge is 0.315 e. The highest BCUT2D eigenvalue weighted by Gasteiger charge is 2.20. The van der Waals surface area contributed by atoms with Gasteiger partial charge in [0, 0.05) is 25.3 Å². The van der Waals surface area contributed by atoms with Crippen molar-refractivity contribution < 1.29 is 19.4 Å². The Morgan fingerprint density at radius 2 is 1.90 bits per heavy atom. The van der Waals surface area contributed by atoms with Crippen molar-refractivity contribution in [3.8, 4) is 0 Å². The maximum Gasteiger partial charge on any atom is 0.315 e. The van der Waals surface area contributed by atoms with E-state index in [1.54, 1.807) is 12.1 Å². The number of aliphatic carboxylic acids is 1. The number of rotatable bonds is 5. The van der Waals surface area contributed by atoms with Gasteiger partial charge in [-0.2, -0.15) is 0 Å². The number of carbonyl (C=O) groups is 2. The van der Waals surface area contributed by atoms with Crippen LogP contribution in [0.15, 0.2) is 24.3 Å². The summed E-state index contributed by atoms with van der Waals surface area (Å²) in [6, 6.07) is 7.47. The number of carboxylic acids is 1. The fourth-order valence-corrected chi connectivity index (χ4v) is 2.07. The van der Waals surface area contributed by atoms with Crippen molar-refractivity contribution in [3.63, 3.8) is 0 Å². The average Bonchev–Trinajstić information content (AvgIpc) is 2.49. The number of hydrogen-bond acceptors (Lipinski definition) is 4. The second-order valence-corrected chi connectivity index (χ2v) is 5.13. The number of morpholine rings is 1. The molecule has 1 unspecified atom stereocenters. The van der Waals surface area contributed by atoms with Gasteiger partial charge < -0.3 is 15.2 Å². The summed E-state index contributed by atoms with van der Waals surface area (Å²) >= 11 is 0. The molecular formula is C15H20N2O4. The van der Waals surface area contributed by atoms with Gasteiger partial charge in [0.15, 0.2) is 0 Å². The van der Waals surface area contributed by atoms with Crippen LogP contribution in [-0.4, -0.2) is 48.2 Å². The van der Waals surface area contributed by atoms with Crippen LogP contribution in [0, 0.1) is 5.92 Å². The first-order chi connectivity index (χ1) is 10.1. The lowest BCUT2D eigenvalue weighted by Gasteiger charge is -2.26. The zero-order chi connectivity index (χ0) is 15.2. The Balaban J connectivity index is 1.89. The van der Waals surface area contributed by atoms with Crippen LogP contribution in [-0.2, 0) is 20.9 Å². The molecule has 2 N–H and O–H groups in total. The van der Waals surface area contributed by atoms with Gasteiger partial charge >= 0.3 is 5.97 Å². The summed E-state index contributed by atoms with van der Waals surface area (Å²) < 4.78 is 5.30. The van der Waals surface area contributed by atoms with E-state index in [4.69, 9.17) is 9.84 Å². The van der Waals surface area contributed by atoms with Gasteiger partial charge in [0.05, 0.1) is 13.2 Å². The Labute approximate surface area is 123 Å². The third kappa shape index (κ3) is 4.54. The van der Waals surface area contributed by atoms with E-state index in [9.17, 15) is 9.59 Å². The molecule has 1 heterocycles. The van der Waals surface area contributed by atoms with Crippen molar-refractivity contribution in [1.82, 2.24) is 4.90 Å². The number of benzene rings is 1. The van der Waals surface area contributed by atoms with E-state index in [0.717, 1.165) is 38.4 Å². The Hall–Kier alpha value is -1.92. The Morgan fingerprint density at radius 1 is 1.29 bits per heavy atom. The summed E-state index contributed by atoms with van der Waals surface area (Å²) in [5.74, 6) is -2.70. The largest absolute Gasteiger partial charge is 0.481 e. The molecule has 0 bridgehead atoms. The summed E-state index contributed by atoms with van der Waals surface area (Å²) in [4.78, 5) is 24.7. The standard InChI is InChI=1S/C15H20N2O4/c1-11(15(19)20)14(18)16-13-4-2-12(3-5-13)10-17-6-8-21-9-7-17/h2-5,11H,6-10H2,1H3,(H,16,18)(H,19,20). The molecule has 0 spiro atoms. The van der Waals surface area contributed by atoms with E-state index in [-0.39, 0.29) is 0 Å². The zero-order valence-corrected chi connectivity index (χ0v) is 12.0. The second kappa shape index (κ2) is 7.19. The van der Waals surface area contributed by atoms with E-state index >= 15 is 0 Å². The first-order valence-electron chi connectivity index (χ1n) is 6.99. The van der Waals surface area contributed by atoms with E-state index < -0.39 is 17.8 Å². The maximum absolute atomic E-state index is 11.6. The number of nitrogens with zero attached hydrogens (tertiary/aromatic N) is 1. The molecule has 6 heteroatoms. The topological polar surface area (TPSA) is 78.9 Å². The van der Waals surface area contributed by atoms with Crippen LogP contribution < -0.4 is 5.32 Å². The molecule has 6 nitrogen and oxygen atoms in total. The monoisotopic (exact) mass is 292 g/mol. The average molecular weight is 292 g/mol.